The van der Waals surface area contributed by atoms with E-state index in [4.69, 9.17) is 4.74 Å². The molecule has 1 unspecified atom stereocenters. The van der Waals surface area contributed by atoms with Crippen molar-refractivity contribution in [1.29, 1.82) is 5.26 Å². The summed E-state index contributed by atoms with van der Waals surface area (Å²) in [6.45, 7) is 1.42. The standard InChI is InChI=1S/C19H15N3O4/c1-11(26-19(25)12-6-2-5-9-16(12)23)17(24)13(10-20)18-21-14-7-3-4-8-15(14)22-18/h2-9,11,23-24H,1H3,(H,21,22). The molecule has 1 atom stereocenters. The van der Waals surface area contributed by atoms with Gasteiger partial charge < -0.3 is 19.9 Å². The monoisotopic (exact) mass is 349 g/mol. The van der Waals surface area contributed by atoms with Crippen LogP contribution in [0.15, 0.2) is 54.3 Å². The summed E-state index contributed by atoms with van der Waals surface area (Å²) >= 11 is 0. The van der Waals surface area contributed by atoms with Gasteiger partial charge in [0.05, 0.1) is 11.0 Å². The zero-order valence-electron chi connectivity index (χ0n) is 13.8. The molecular formula is C19H15N3O4. The number of phenols is 1. The lowest BCUT2D eigenvalue weighted by Gasteiger charge is -2.14. The minimum atomic E-state index is -1.11. The lowest BCUT2D eigenvalue weighted by Crippen LogP contribution is -2.18. The van der Waals surface area contributed by atoms with Crippen LogP contribution in [0.25, 0.3) is 16.6 Å². The van der Waals surface area contributed by atoms with Crippen LogP contribution in [0.4, 0.5) is 0 Å². The van der Waals surface area contributed by atoms with Gasteiger partial charge in [-0.25, -0.2) is 9.78 Å². The second kappa shape index (κ2) is 6.99. The predicted octanol–water partition coefficient (Wildman–Crippen LogP) is 3.31. The number of esters is 1. The number of ether oxygens (including phenoxy) is 1. The van der Waals surface area contributed by atoms with Gasteiger partial charge in [-0.3, -0.25) is 0 Å². The summed E-state index contributed by atoms with van der Waals surface area (Å²) in [6.07, 6.45) is -1.11. The molecule has 1 heterocycles. The number of allylic oxidation sites excluding steroid dienone is 1. The Morgan fingerprint density at radius 1 is 1.23 bits per heavy atom. The van der Waals surface area contributed by atoms with E-state index >= 15 is 0 Å². The SMILES string of the molecule is CC(OC(=O)c1ccccc1O)C(O)=C(C#N)c1nc2ccccc2[nH]1. The molecule has 0 fully saturated rings. The number of benzene rings is 2. The maximum Gasteiger partial charge on any atom is 0.342 e. The third kappa shape index (κ3) is 3.21. The first-order valence-electron chi connectivity index (χ1n) is 7.78. The molecule has 0 saturated carbocycles. The van der Waals surface area contributed by atoms with Crippen LogP contribution in [0.2, 0.25) is 0 Å². The first kappa shape index (κ1) is 17.0. The van der Waals surface area contributed by atoms with Gasteiger partial charge in [-0.05, 0) is 31.2 Å². The zero-order valence-corrected chi connectivity index (χ0v) is 13.8. The van der Waals surface area contributed by atoms with Gasteiger partial charge in [0.15, 0.2) is 17.7 Å². The number of aromatic nitrogens is 2. The smallest absolute Gasteiger partial charge is 0.342 e. The van der Waals surface area contributed by atoms with E-state index in [0.717, 1.165) is 0 Å². The second-order valence-corrected chi connectivity index (χ2v) is 5.54. The molecule has 1 aromatic heterocycles. The molecule has 0 amide bonds. The lowest BCUT2D eigenvalue weighted by atomic mass is 10.1. The fraction of sp³-hybridized carbons (Fsp3) is 0.105. The number of nitrogens with zero attached hydrogens (tertiary/aromatic N) is 2. The number of carbonyl (C=O) groups is 1. The fourth-order valence-corrected chi connectivity index (χ4v) is 2.43. The summed E-state index contributed by atoms with van der Waals surface area (Å²) in [7, 11) is 0. The predicted molar refractivity (Wildman–Crippen MR) is 94.2 cm³/mol. The number of aliphatic hydroxyl groups is 1. The highest BCUT2D eigenvalue weighted by atomic mass is 16.6. The van der Waals surface area contributed by atoms with Gasteiger partial charge in [-0.15, -0.1) is 0 Å². The van der Waals surface area contributed by atoms with Crippen molar-refractivity contribution in [1.82, 2.24) is 9.97 Å². The van der Waals surface area contributed by atoms with Crippen molar-refractivity contribution < 1.29 is 19.7 Å². The number of carbonyl (C=O) groups excluding carboxylic acids is 1. The molecule has 2 aromatic carbocycles. The van der Waals surface area contributed by atoms with Crippen molar-refractivity contribution in [3.05, 3.63) is 65.7 Å². The fourth-order valence-electron chi connectivity index (χ4n) is 2.43. The number of nitrogens with one attached hydrogen (secondary N) is 1. The Bertz CT molecular complexity index is 1010. The van der Waals surface area contributed by atoms with Crippen molar-refractivity contribution in [2.24, 2.45) is 0 Å². The average Bonchev–Trinajstić information content (AvgIpc) is 3.06. The topological polar surface area (TPSA) is 119 Å². The molecule has 26 heavy (non-hydrogen) atoms. The molecule has 0 aliphatic heterocycles. The van der Waals surface area contributed by atoms with E-state index in [-0.39, 0.29) is 22.7 Å². The number of phenolic OH excluding ortho intramolecular Hbond substituents is 1. The van der Waals surface area contributed by atoms with Crippen LogP contribution < -0.4 is 0 Å². The number of imidazole rings is 1. The van der Waals surface area contributed by atoms with Gasteiger partial charge in [0.25, 0.3) is 0 Å². The summed E-state index contributed by atoms with van der Waals surface area (Å²) in [4.78, 5) is 19.4. The summed E-state index contributed by atoms with van der Waals surface area (Å²) in [6, 6.07) is 15.0. The van der Waals surface area contributed by atoms with E-state index < -0.39 is 17.8 Å². The van der Waals surface area contributed by atoms with E-state index in [1.54, 1.807) is 30.3 Å². The third-order valence-corrected chi connectivity index (χ3v) is 3.79. The van der Waals surface area contributed by atoms with Crippen LogP contribution >= 0.6 is 0 Å². The first-order chi connectivity index (χ1) is 12.5. The molecule has 7 nitrogen and oxygen atoms in total. The molecule has 3 N–H and O–H groups in total. The van der Waals surface area contributed by atoms with Crippen molar-refractivity contribution in [2.75, 3.05) is 0 Å². The normalized spacial score (nSPS) is 12.9. The number of H-pyrrole nitrogens is 1. The summed E-state index contributed by atoms with van der Waals surface area (Å²) in [5.74, 6) is -1.30. The largest absolute Gasteiger partial charge is 0.507 e. The number of aromatic hydroxyl groups is 1. The number of nitriles is 1. The van der Waals surface area contributed by atoms with Gasteiger partial charge >= 0.3 is 5.97 Å². The number of aromatic amines is 1. The van der Waals surface area contributed by atoms with Gasteiger partial charge in [-0.1, -0.05) is 24.3 Å². The summed E-state index contributed by atoms with van der Waals surface area (Å²) < 4.78 is 5.16. The Morgan fingerprint density at radius 2 is 1.92 bits per heavy atom. The molecule has 7 heteroatoms. The van der Waals surface area contributed by atoms with Crippen molar-refractivity contribution in [2.45, 2.75) is 13.0 Å². The van der Waals surface area contributed by atoms with Crippen LogP contribution in [0.3, 0.4) is 0 Å². The van der Waals surface area contributed by atoms with Crippen LogP contribution in [0.5, 0.6) is 5.75 Å². The van der Waals surface area contributed by atoms with Gasteiger partial charge in [-0.2, -0.15) is 5.26 Å². The van der Waals surface area contributed by atoms with Crippen LogP contribution in [-0.2, 0) is 4.74 Å². The Hall–Kier alpha value is -3.79. The highest BCUT2D eigenvalue weighted by Gasteiger charge is 2.22. The number of hydrogen-bond donors (Lipinski definition) is 3. The molecule has 0 radical (unpaired) electrons. The summed E-state index contributed by atoms with van der Waals surface area (Å²) in [5.41, 5.74) is 1.19. The van der Waals surface area contributed by atoms with E-state index in [0.29, 0.717) is 11.0 Å². The molecule has 0 saturated heterocycles. The van der Waals surface area contributed by atoms with Crippen molar-refractivity contribution in [3.63, 3.8) is 0 Å². The van der Waals surface area contributed by atoms with Crippen LogP contribution in [-0.4, -0.2) is 32.3 Å². The Morgan fingerprint density at radius 3 is 2.62 bits per heavy atom. The van der Waals surface area contributed by atoms with Crippen LogP contribution in [0, 0.1) is 11.3 Å². The molecule has 0 aliphatic carbocycles. The Labute approximate surface area is 148 Å². The minimum absolute atomic E-state index is 0.0330. The van der Waals surface area contributed by atoms with E-state index in [1.807, 2.05) is 12.1 Å². The number of para-hydroxylation sites is 3. The van der Waals surface area contributed by atoms with Crippen molar-refractivity contribution in [3.8, 4) is 11.8 Å². The molecule has 0 bridgehead atoms. The number of rotatable bonds is 4. The molecular weight excluding hydrogens is 334 g/mol. The van der Waals surface area contributed by atoms with E-state index in [9.17, 15) is 20.3 Å². The Kier molecular flexibility index (Phi) is 4.58. The maximum atomic E-state index is 12.1. The lowest BCUT2D eigenvalue weighted by molar-refractivity contribution is 0.0331. The second-order valence-electron chi connectivity index (χ2n) is 5.54. The highest BCUT2D eigenvalue weighted by molar-refractivity contribution is 5.92. The van der Waals surface area contributed by atoms with Gasteiger partial charge in [0, 0.05) is 0 Å². The first-order valence-corrected chi connectivity index (χ1v) is 7.78. The number of aliphatic hydroxyl groups excluding tert-OH is 1. The minimum Gasteiger partial charge on any atom is -0.507 e. The zero-order chi connectivity index (χ0) is 18.7. The Balaban J connectivity index is 1.89. The number of fused-ring (bicyclic) bond motifs is 1. The van der Waals surface area contributed by atoms with Gasteiger partial charge in [0.2, 0.25) is 0 Å². The maximum absolute atomic E-state index is 12.1. The number of hydrogen-bond acceptors (Lipinski definition) is 6. The highest BCUT2D eigenvalue weighted by Crippen LogP contribution is 2.23. The van der Waals surface area contributed by atoms with Crippen molar-refractivity contribution >= 4 is 22.6 Å². The molecule has 3 aromatic rings. The molecule has 0 aliphatic rings. The van der Waals surface area contributed by atoms with Gasteiger partial charge in [0.1, 0.15) is 23.0 Å². The molecule has 0 spiro atoms. The molecule has 130 valence electrons. The summed E-state index contributed by atoms with van der Waals surface area (Å²) in [5, 5.41) is 29.5. The van der Waals surface area contributed by atoms with E-state index in [1.165, 1.54) is 19.1 Å². The third-order valence-electron chi connectivity index (χ3n) is 3.79. The van der Waals surface area contributed by atoms with Crippen LogP contribution in [0.1, 0.15) is 23.1 Å². The quantitative estimate of drug-likeness (QED) is 0.378. The van der Waals surface area contributed by atoms with E-state index in [2.05, 4.69) is 9.97 Å². The average molecular weight is 349 g/mol. The molecule has 3 rings (SSSR count).